The molecule has 0 saturated heterocycles. The average molecular weight is 353 g/mol. The Bertz CT molecular complexity index is 841. The standard InChI is InChI=1S/C15H13ClN2O2S2/c1-8-3-4-10-11(5-8)18-15(17-10)21-7-9-6-12(14(19)20-2)22-13(9)16/h3-6H,7H2,1-2H3,(H,17,18). The van der Waals surface area contributed by atoms with Gasteiger partial charge in [-0.15, -0.1) is 11.3 Å². The third kappa shape index (κ3) is 3.14. The molecule has 0 aliphatic rings. The van der Waals surface area contributed by atoms with E-state index in [-0.39, 0.29) is 5.97 Å². The molecule has 114 valence electrons. The fourth-order valence-electron chi connectivity index (χ4n) is 2.02. The Morgan fingerprint density at radius 1 is 1.45 bits per heavy atom. The minimum atomic E-state index is -0.359. The fraction of sp³-hybridized carbons (Fsp3) is 0.200. The number of benzene rings is 1. The lowest BCUT2D eigenvalue weighted by molar-refractivity contribution is 0.0606. The van der Waals surface area contributed by atoms with Gasteiger partial charge in [-0.1, -0.05) is 29.4 Å². The van der Waals surface area contributed by atoms with Gasteiger partial charge in [-0.2, -0.15) is 0 Å². The number of esters is 1. The van der Waals surface area contributed by atoms with Gasteiger partial charge < -0.3 is 9.72 Å². The van der Waals surface area contributed by atoms with Crippen LogP contribution in [0.3, 0.4) is 0 Å². The molecule has 0 spiro atoms. The molecule has 1 aromatic carbocycles. The largest absolute Gasteiger partial charge is 0.465 e. The average Bonchev–Trinajstić information content (AvgIpc) is 3.07. The van der Waals surface area contributed by atoms with Crippen molar-refractivity contribution in [3.63, 3.8) is 0 Å². The van der Waals surface area contributed by atoms with E-state index in [0.717, 1.165) is 21.8 Å². The van der Waals surface area contributed by atoms with E-state index < -0.39 is 0 Å². The van der Waals surface area contributed by atoms with E-state index in [1.807, 2.05) is 19.1 Å². The quantitative estimate of drug-likeness (QED) is 0.547. The maximum atomic E-state index is 11.5. The van der Waals surface area contributed by atoms with Crippen molar-refractivity contribution < 1.29 is 9.53 Å². The van der Waals surface area contributed by atoms with Gasteiger partial charge in [-0.3, -0.25) is 0 Å². The number of aromatic nitrogens is 2. The van der Waals surface area contributed by atoms with Crippen LogP contribution in [-0.4, -0.2) is 23.0 Å². The zero-order valence-electron chi connectivity index (χ0n) is 12.0. The van der Waals surface area contributed by atoms with Gasteiger partial charge in [0.1, 0.15) is 4.88 Å². The molecule has 2 heterocycles. The van der Waals surface area contributed by atoms with Crippen molar-refractivity contribution >= 4 is 51.7 Å². The first-order valence-electron chi connectivity index (χ1n) is 6.52. The van der Waals surface area contributed by atoms with Crippen LogP contribution in [0.2, 0.25) is 4.34 Å². The zero-order valence-corrected chi connectivity index (χ0v) is 14.4. The molecule has 0 bridgehead atoms. The summed E-state index contributed by atoms with van der Waals surface area (Å²) >= 11 is 8.97. The van der Waals surface area contributed by atoms with Crippen LogP contribution in [0.25, 0.3) is 11.0 Å². The number of hydrogen-bond donors (Lipinski definition) is 1. The van der Waals surface area contributed by atoms with Crippen LogP contribution in [0.5, 0.6) is 0 Å². The van der Waals surface area contributed by atoms with Crippen LogP contribution >= 0.6 is 34.7 Å². The van der Waals surface area contributed by atoms with Gasteiger partial charge in [0.25, 0.3) is 0 Å². The van der Waals surface area contributed by atoms with E-state index in [0.29, 0.717) is 15.0 Å². The maximum Gasteiger partial charge on any atom is 0.348 e. The summed E-state index contributed by atoms with van der Waals surface area (Å²) in [7, 11) is 1.36. The molecule has 0 saturated carbocycles. The van der Waals surface area contributed by atoms with Crippen LogP contribution in [0.1, 0.15) is 20.8 Å². The third-order valence-electron chi connectivity index (χ3n) is 3.12. The minimum absolute atomic E-state index is 0.359. The first kappa shape index (κ1) is 15.4. The number of thioether (sulfide) groups is 1. The number of H-pyrrole nitrogens is 1. The van der Waals surface area contributed by atoms with Crippen molar-refractivity contribution in [2.45, 2.75) is 17.8 Å². The minimum Gasteiger partial charge on any atom is -0.465 e. The lowest BCUT2D eigenvalue weighted by atomic mass is 10.2. The molecular weight excluding hydrogens is 340 g/mol. The molecule has 4 nitrogen and oxygen atoms in total. The molecule has 22 heavy (non-hydrogen) atoms. The van der Waals surface area contributed by atoms with E-state index in [1.165, 1.54) is 24.0 Å². The summed E-state index contributed by atoms with van der Waals surface area (Å²) in [5, 5.41) is 0.836. The van der Waals surface area contributed by atoms with Crippen molar-refractivity contribution in [2.75, 3.05) is 7.11 Å². The summed E-state index contributed by atoms with van der Waals surface area (Å²) in [6.07, 6.45) is 0. The highest BCUT2D eigenvalue weighted by Gasteiger charge is 2.14. The summed E-state index contributed by atoms with van der Waals surface area (Å²) in [5.41, 5.74) is 4.07. The highest BCUT2D eigenvalue weighted by atomic mass is 35.5. The number of hydrogen-bond acceptors (Lipinski definition) is 5. The lowest BCUT2D eigenvalue weighted by Crippen LogP contribution is -1.97. The second-order valence-electron chi connectivity index (χ2n) is 4.75. The molecule has 0 unspecified atom stereocenters. The Hall–Kier alpha value is -1.50. The number of aryl methyl sites for hydroxylation is 1. The number of nitrogens with one attached hydrogen (secondary N) is 1. The predicted octanol–water partition coefficient (Wildman–Crippen LogP) is 4.67. The van der Waals surface area contributed by atoms with Crippen LogP contribution in [0, 0.1) is 6.92 Å². The van der Waals surface area contributed by atoms with E-state index in [9.17, 15) is 4.79 Å². The molecule has 0 amide bonds. The molecule has 2 aromatic heterocycles. The number of imidazole rings is 1. The van der Waals surface area contributed by atoms with Gasteiger partial charge in [0.15, 0.2) is 5.16 Å². The SMILES string of the molecule is COC(=O)c1cc(CSc2nc3ccc(C)cc3[nH]2)c(Cl)s1. The summed E-state index contributed by atoms with van der Waals surface area (Å²) in [4.78, 5) is 19.8. The van der Waals surface area contributed by atoms with Gasteiger partial charge in [-0.25, -0.2) is 9.78 Å². The van der Waals surface area contributed by atoms with Crippen LogP contribution in [0.15, 0.2) is 29.4 Å². The summed E-state index contributed by atoms with van der Waals surface area (Å²) in [6.45, 7) is 2.05. The van der Waals surface area contributed by atoms with E-state index in [4.69, 9.17) is 16.3 Å². The van der Waals surface area contributed by atoms with Gasteiger partial charge in [0, 0.05) is 5.75 Å². The van der Waals surface area contributed by atoms with Crippen molar-refractivity contribution in [3.05, 3.63) is 44.6 Å². The Morgan fingerprint density at radius 2 is 2.27 bits per heavy atom. The van der Waals surface area contributed by atoms with E-state index >= 15 is 0 Å². The van der Waals surface area contributed by atoms with Crippen LogP contribution in [-0.2, 0) is 10.5 Å². The first-order valence-corrected chi connectivity index (χ1v) is 8.70. The molecule has 3 rings (SSSR count). The molecule has 0 radical (unpaired) electrons. The van der Waals surface area contributed by atoms with E-state index in [2.05, 4.69) is 16.0 Å². The first-order chi connectivity index (χ1) is 10.6. The highest BCUT2D eigenvalue weighted by molar-refractivity contribution is 7.98. The number of aromatic amines is 1. The number of thiophene rings is 1. The smallest absolute Gasteiger partial charge is 0.348 e. The summed E-state index contributed by atoms with van der Waals surface area (Å²) < 4.78 is 5.32. The van der Waals surface area contributed by atoms with Crippen molar-refractivity contribution in [3.8, 4) is 0 Å². The molecule has 1 N–H and O–H groups in total. The second kappa shape index (κ2) is 6.32. The maximum absolute atomic E-state index is 11.5. The highest BCUT2D eigenvalue weighted by Crippen LogP contribution is 2.33. The topological polar surface area (TPSA) is 55.0 Å². The molecule has 0 fully saturated rings. The lowest BCUT2D eigenvalue weighted by Gasteiger charge is -1.96. The van der Waals surface area contributed by atoms with E-state index in [1.54, 1.807) is 17.8 Å². The number of nitrogens with zero attached hydrogens (tertiary/aromatic N) is 1. The van der Waals surface area contributed by atoms with Crippen molar-refractivity contribution in [1.82, 2.24) is 9.97 Å². The van der Waals surface area contributed by atoms with Crippen LogP contribution < -0.4 is 0 Å². The Balaban J connectivity index is 1.76. The molecule has 0 aliphatic carbocycles. The van der Waals surface area contributed by atoms with Gasteiger partial charge in [-0.05, 0) is 36.2 Å². The van der Waals surface area contributed by atoms with Gasteiger partial charge >= 0.3 is 5.97 Å². The molecular formula is C15H13ClN2O2S2. The Kier molecular flexibility index (Phi) is 4.42. The molecule has 7 heteroatoms. The number of halogens is 1. The number of fused-ring (bicyclic) bond motifs is 1. The Morgan fingerprint density at radius 3 is 3.05 bits per heavy atom. The zero-order chi connectivity index (χ0) is 15.7. The number of carbonyl (C=O) groups excluding carboxylic acids is 1. The molecule has 0 atom stereocenters. The Labute approximate surface area is 140 Å². The fourth-order valence-corrected chi connectivity index (χ4v) is 4.25. The number of methoxy groups -OCH3 is 1. The number of carbonyl (C=O) groups is 1. The molecule has 3 aromatic rings. The van der Waals surface area contributed by atoms with Crippen molar-refractivity contribution in [2.24, 2.45) is 0 Å². The monoisotopic (exact) mass is 352 g/mol. The number of ether oxygens (including phenoxy) is 1. The summed E-state index contributed by atoms with van der Waals surface area (Å²) in [6, 6.07) is 7.88. The third-order valence-corrected chi connectivity index (χ3v) is 5.47. The van der Waals surface area contributed by atoms with Crippen LogP contribution in [0.4, 0.5) is 0 Å². The van der Waals surface area contributed by atoms with Crippen molar-refractivity contribution in [1.29, 1.82) is 0 Å². The molecule has 0 aliphatic heterocycles. The van der Waals surface area contributed by atoms with Gasteiger partial charge in [0.05, 0.1) is 22.5 Å². The predicted molar refractivity (Wildman–Crippen MR) is 91.1 cm³/mol. The second-order valence-corrected chi connectivity index (χ2v) is 7.37. The summed E-state index contributed by atoms with van der Waals surface area (Å²) in [5.74, 6) is 0.285. The van der Waals surface area contributed by atoms with Gasteiger partial charge in [0.2, 0.25) is 0 Å². The number of rotatable bonds is 4. The normalized spacial score (nSPS) is 11.0.